The summed E-state index contributed by atoms with van der Waals surface area (Å²) in [6, 6.07) is 23.1. The van der Waals surface area contributed by atoms with Crippen LogP contribution >= 0.6 is 34.2 Å². The number of hydrogen-bond donors (Lipinski definition) is 1. The van der Waals surface area contributed by atoms with Crippen molar-refractivity contribution in [1.29, 1.82) is 0 Å². The van der Waals surface area contributed by atoms with Crippen molar-refractivity contribution in [3.8, 4) is 11.5 Å². The van der Waals surface area contributed by atoms with Gasteiger partial charge >= 0.3 is 6.03 Å². The highest BCUT2D eigenvalue weighted by Crippen LogP contribution is 2.36. The van der Waals surface area contributed by atoms with E-state index in [9.17, 15) is 14.4 Å². The van der Waals surface area contributed by atoms with Crippen molar-refractivity contribution in [1.82, 2.24) is 5.32 Å². The molecule has 0 spiro atoms. The van der Waals surface area contributed by atoms with Gasteiger partial charge in [0.1, 0.15) is 12.2 Å². The van der Waals surface area contributed by atoms with Gasteiger partial charge in [0.05, 0.1) is 21.4 Å². The number of carbonyl (C=O) groups is 3. The van der Waals surface area contributed by atoms with Crippen LogP contribution in [-0.4, -0.2) is 25.0 Å². The Balaban J connectivity index is 1.45. The first kappa shape index (κ1) is 25.7. The number of imide groups is 2. The Labute approximate surface area is 237 Å². The van der Waals surface area contributed by atoms with Crippen molar-refractivity contribution < 1.29 is 23.9 Å². The smallest absolute Gasteiger partial charge is 0.335 e. The van der Waals surface area contributed by atoms with Crippen LogP contribution in [0, 0.1) is 3.57 Å². The Bertz CT molecular complexity index is 1630. The zero-order valence-electron chi connectivity index (χ0n) is 20.0. The van der Waals surface area contributed by atoms with E-state index in [1.807, 2.05) is 30.3 Å². The molecular weight excluding hydrogens is 619 g/mol. The van der Waals surface area contributed by atoms with E-state index in [1.54, 1.807) is 30.3 Å². The molecule has 0 bridgehead atoms. The maximum atomic E-state index is 13.2. The van der Waals surface area contributed by atoms with Crippen LogP contribution in [0.4, 0.5) is 10.5 Å². The number of methoxy groups -OCH3 is 1. The van der Waals surface area contributed by atoms with E-state index >= 15 is 0 Å². The number of nitrogens with one attached hydrogen (secondary N) is 1. The van der Waals surface area contributed by atoms with Gasteiger partial charge in [-0.15, -0.1) is 0 Å². The molecule has 4 aromatic carbocycles. The molecule has 0 atom stereocenters. The van der Waals surface area contributed by atoms with Crippen LogP contribution in [0.2, 0.25) is 5.02 Å². The minimum absolute atomic E-state index is 0.180. The van der Waals surface area contributed by atoms with E-state index in [-0.39, 0.29) is 16.3 Å². The molecular formula is C29H20ClIN2O5. The second kappa shape index (κ2) is 10.8. The second-order valence-electron chi connectivity index (χ2n) is 8.37. The number of rotatable bonds is 6. The summed E-state index contributed by atoms with van der Waals surface area (Å²) in [7, 11) is 1.52. The molecule has 4 aromatic rings. The van der Waals surface area contributed by atoms with Crippen molar-refractivity contribution in [3.05, 3.63) is 104 Å². The van der Waals surface area contributed by atoms with Gasteiger partial charge in [0.15, 0.2) is 11.5 Å². The second-order valence-corrected chi connectivity index (χ2v) is 9.94. The number of barbiturate groups is 1. The number of carbonyl (C=O) groups excluding carboxylic acids is 3. The van der Waals surface area contributed by atoms with Crippen LogP contribution in [0.5, 0.6) is 11.5 Å². The van der Waals surface area contributed by atoms with Crippen LogP contribution in [0.1, 0.15) is 11.1 Å². The number of fused-ring (bicyclic) bond motifs is 1. The van der Waals surface area contributed by atoms with Crippen LogP contribution in [0.3, 0.4) is 0 Å². The molecule has 0 aliphatic carbocycles. The van der Waals surface area contributed by atoms with Crippen molar-refractivity contribution in [2.75, 3.05) is 12.0 Å². The Hall–Kier alpha value is -3.89. The van der Waals surface area contributed by atoms with Crippen LogP contribution in [0.25, 0.3) is 16.8 Å². The highest BCUT2D eigenvalue weighted by atomic mass is 127. The number of halogens is 2. The van der Waals surface area contributed by atoms with Crippen LogP contribution in [0.15, 0.2) is 84.4 Å². The minimum atomic E-state index is -0.866. The largest absolute Gasteiger partial charge is 0.493 e. The number of hydrogen-bond acceptors (Lipinski definition) is 5. The number of urea groups is 1. The lowest BCUT2D eigenvalue weighted by molar-refractivity contribution is -0.122. The number of ether oxygens (including phenoxy) is 2. The number of nitrogens with zero attached hydrogens (tertiary/aromatic N) is 1. The average Bonchev–Trinajstić information content (AvgIpc) is 2.91. The zero-order chi connectivity index (χ0) is 26.8. The highest BCUT2D eigenvalue weighted by Gasteiger charge is 2.37. The maximum absolute atomic E-state index is 13.2. The highest BCUT2D eigenvalue weighted by molar-refractivity contribution is 14.1. The Morgan fingerprint density at radius 3 is 2.50 bits per heavy atom. The molecule has 38 heavy (non-hydrogen) atoms. The lowest BCUT2D eigenvalue weighted by Gasteiger charge is -2.27. The summed E-state index contributed by atoms with van der Waals surface area (Å²) in [5.41, 5.74) is 1.52. The van der Waals surface area contributed by atoms with E-state index in [4.69, 9.17) is 21.1 Å². The van der Waals surface area contributed by atoms with Crippen LogP contribution < -0.4 is 19.7 Å². The summed E-state index contributed by atoms with van der Waals surface area (Å²) in [5, 5.41) is 4.63. The summed E-state index contributed by atoms with van der Waals surface area (Å²) >= 11 is 8.33. The van der Waals surface area contributed by atoms with E-state index in [1.165, 1.54) is 19.3 Å². The van der Waals surface area contributed by atoms with Gasteiger partial charge in [-0.25, -0.2) is 9.69 Å². The summed E-state index contributed by atoms with van der Waals surface area (Å²) < 4.78 is 12.5. The molecule has 1 fully saturated rings. The summed E-state index contributed by atoms with van der Waals surface area (Å²) in [5.74, 6) is -0.604. The number of amides is 4. The van der Waals surface area contributed by atoms with Gasteiger partial charge < -0.3 is 9.47 Å². The monoisotopic (exact) mass is 638 g/mol. The first-order chi connectivity index (χ1) is 18.4. The predicted octanol–water partition coefficient (Wildman–Crippen LogP) is 6.35. The van der Waals surface area contributed by atoms with E-state index in [0.29, 0.717) is 23.7 Å². The van der Waals surface area contributed by atoms with Crippen molar-refractivity contribution in [2.24, 2.45) is 0 Å². The number of benzene rings is 4. The quantitative estimate of drug-likeness (QED) is 0.151. The average molecular weight is 639 g/mol. The first-order valence-electron chi connectivity index (χ1n) is 11.5. The fourth-order valence-corrected chi connectivity index (χ4v) is 5.21. The van der Waals surface area contributed by atoms with Gasteiger partial charge in [0.25, 0.3) is 11.8 Å². The molecule has 4 amide bonds. The molecule has 1 N–H and O–H groups in total. The molecule has 7 nitrogen and oxygen atoms in total. The van der Waals surface area contributed by atoms with E-state index < -0.39 is 17.8 Å². The van der Waals surface area contributed by atoms with Gasteiger partial charge in [-0.05, 0) is 74.8 Å². The molecule has 1 heterocycles. The molecule has 0 saturated carbocycles. The topological polar surface area (TPSA) is 84.9 Å². The third-order valence-electron chi connectivity index (χ3n) is 6.01. The zero-order valence-corrected chi connectivity index (χ0v) is 22.9. The van der Waals surface area contributed by atoms with Gasteiger partial charge in [0.2, 0.25) is 0 Å². The molecule has 0 unspecified atom stereocenters. The summed E-state index contributed by atoms with van der Waals surface area (Å²) in [4.78, 5) is 39.2. The molecule has 9 heteroatoms. The Morgan fingerprint density at radius 2 is 1.71 bits per heavy atom. The lowest BCUT2D eigenvalue weighted by Crippen LogP contribution is -2.54. The van der Waals surface area contributed by atoms with Gasteiger partial charge in [-0.3, -0.25) is 14.9 Å². The van der Waals surface area contributed by atoms with Crippen molar-refractivity contribution >= 4 is 74.6 Å². The Morgan fingerprint density at radius 1 is 0.974 bits per heavy atom. The molecule has 5 rings (SSSR count). The predicted molar refractivity (Wildman–Crippen MR) is 154 cm³/mol. The molecule has 1 aliphatic heterocycles. The molecule has 1 saturated heterocycles. The maximum Gasteiger partial charge on any atom is 0.335 e. The minimum Gasteiger partial charge on any atom is -0.493 e. The lowest BCUT2D eigenvalue weighted by atomic mass is 10.1. The molecule has 190 valence electrons. The van der Waals surface area contributed by atoms with Crippen molar-refractivity contribution in [2.45, 2.75) is 6.61 Å². The molecule has 1 aliphatic rings. The van der Waals surface area contributed by atoms with Crippen molar-refractivity contribution in [3.63, 3.8) is 0 Å². The summed E-state index contributed by atoms with van der Waals surface area (Å²) in [6.07, 6.45) is 1.41. The standard InChI is InChI=1S/C29H20ClIN2O5/c1-37-25-15-17(13-21-27(34)32-29(36)33(28(21)35)24-12-5-4-11-22(24)30)14-23(31)26(25)38-16-19-9-6-8-18-7-2-3-10-20(18)19/h2-15H,16H2,1H3,(H,32,34,36)/b21-13+. The fraction of sp³-hybridized carbons (Fsp3) is 0.0690. The fourth-order valence-electron chi connectivity index (χ4n) is 4.21. The number of para-hydroxylation sites is 1. The molecule has 0 radical (unpaired) electrons. The molecule has 0 aromatic heterocycles. The van der Waals surface area contributed by atoms with Gasteiger partial charge in [0, 0.05) is 0 Å². The van der Waals surface area contributed by atoms with E-state index in [2.05, 4.69) is 40.0 Å². The van der Waals surface area contributed by atoms with E-state index in [0.717, 1.165) is 24.8 Å². The third-order valence-corrected chi connectivity index (χ3v) is 7.13. The van der Waals surface area contributed by atoms with Gasteiger partial charge in [-0.1, -0.05) is 66.2 Å². The third kappa shape index (κ3) is 4.97. The summed E-state index contributed by atoms with van der Waals surface area (Å²) in [6.45, 7) is 0.323. The number of anilines is 1. The van der Waals surface area contributed by atoms with Crippen LogP contribution in [-0.2, 0) is 16.2 Å². The van der Waals surface area contributed by atoms with Gasteiger partial charge in [-0.2, -0.15) is 0 Å². The first-order valence-corrected chi connectivity index (χ1v) is 13.0. The Kier molecular flexibility index (Phi) is 7.35. The SMILES string of the molecule is COc1cc(/C=C2\C(=O)NC(=O)N(c3ccccc3Cl)C2=O)cc(I)c1OCc1cccc2ccccc12. The normalized spacial score (nSPS) is 14.7.